The Morgan fingerprint density at radius 1 is 1.38 bits per heavy atom. The van der Waals surface area contributed by atoms with Crippen LogP contribution in [-0.2, 0) is 0 Å². The van der Waals surface area contributed by atoms with E-state index >= 15 is 0 Å². The van der Waals surface area contributed by atoms with E-state index in [1.165, 1.54) is 27.2 Å². The van der Waals surface area contributed by atoms with Crippen LogP contribution in [0.25, 0.3) is 6.08 Å². The van der Waals surface area contributed by atoms with Gasteiger partial charge in [0.1, 0.15) is 11.5 Å². The van der Waals surface area contributed by atoms with Gasteiger partial charge in [-0.1, -0.05) is 0 Å². The molecule has 0 aromatic heterocycles. The van der Waals surface area contributed by atoms with Crippen molar-refractivity contribution in [3.63, 3.8) is 0 Å². The van der Waals surface area contributed by atoms with Gasteiger partial charge in [0.2, 0.25) is 5.70 Å². The van der Waals surface area contributed by atoms with E-state index in [-0.39, 0.29) is 5.70 Å². The zero-order chi connectivity index (χ0) is 12.1. The molecule has 1 aromatic rings. The van der Waals surface area contributed by atoms with Gasteiger partial charge in [0.15, 0.2) is 0 Å². The molecule has 0 aliphatic heterocycles. The zero-order valence-electron chi connectivity index (χ0n) is 9.39. The molecule has 0 amide bonds. The van der Waals surface area contributed by atoms with Crippen LogP contribution in [0.15, 0.2) is 23.9 Å². The van der Waals surface area contributed by atoms with Crippen LogP contribution in [0.4, 0.5) is 0 Å². The third-order valence-electron chi connectivity index (χ3n) is 2.09. The maximum atomic E-state index is 10.5. The van der Waals surface area contributed by atoms with E-state index in [1.807, 2.05) is 0 Å². The van der Waals surface area contributed by atoms with Gasteiger partial charge in [0, 0.05) is 18.6 Å². The minimum atomic E-state index is -0.446. The summed E-state index contributed by atoms with van der Waals surface area (Å²) < 4.78 is 10.1. The number of hydrogen-bond donors (Lipinski definition) is 0. The van der Waals surface area contributed by atoms with Gasteiger partial charge in [-0.05, 0) is 18.2 Å². The second-order valence-electron chi connectivity index (χ2n) is 3.15. The summed E-state index contributed by atoms with van der Waals surface area (Å²) in [6.07, 6.45) is 1.45. The monoisotopic (exact) mass is 223 g/mol. The van der Waals surface area contributed by atoms with Crippen LogP contribution >= 0.6 is 0 Å². The van der Waals surface area contributed by atoms with Gasteiger partial charge in [-0.2, -0.15) is 0 Å². The molecule has 0 heterocycles. The minimum absolute atomic E-state index is 0.0477. The molecule has 1 aromatic carbocycles. The van der Waals surface area contributed by atoms with Crippen molar-refractivity contribution >= 4 is 6.08 Å². The van der Waals surface area contributed by atoms with Crippen molar-refractivity contribution in [3.05, 3.63) is 39.6 Å². The molecule has 5 nitrogen and oxygen atoms in total. The van der Waals surface area contributed by atoms with E-state index < -0.39 is 4.92 Å². The number of rotatable bonds is 4. The second-order valence-corrected chi connectivity index (χ2v) is 3.15. The molecular formula is C11H13NO4. The maximum absolute atomic E-state index is 10.5. The van der Waals surface area contributed by atoms with Gasteiger partial charge in [-0.25, -0.2) is 0 Å². The molecule has 0 atom stereocenters. The number of allylic oxidation sites excluding steroid dienone is 1. The van der Waals surface area contributed by atoms with Crippen molar-refractivity contribution < 1.29 is 14.4 Å². The van der Waals surface area contributed by atoms with Crippen LogP contribution in [0.3, 0.4) is 0 Å². The molecule has 0 spiro atoms. The molecule has 0 saturated heterocycles. The summed E-state index contributed by atoms with van der Waals surface area (Å²) >= 11 is 0. The van der Waals surface area contributed by atoms with Crippen LogP contribution < -0.4 is 9.47 Å². The molecule has 0 N–H and O–H groups in total. The van der Waals surface area contributed by atoms with Gasteiger partial charge in [0.25, 0.3) is 0 Å². The van der Waals surface area contributed by atoms with Gasteiger partial charge in [-0.3, -0.25) is 10.1 Å². The van der Waals surface area contributed by atoms with E-state index in [0.717, 1.165) is 0 Å². The number of ether oxygens (including phenoxy) is 2. The molecular weight excluding hydrogens is 210 g/mol. The fourth-order valence-electron chi connectivity index (χ4n) is 1.23. The third kappa shape index (κ3) is 2.73. The second kappa shape index (κ2) is 5.16. The number of methoxy groups -OCH3 is 2. The largest absolute Gasteiger partial charge is 0.497 e. The lowest BCUT2D eigenvalue weighted by Crippen LogP contribution is -1.95. The predicted octanol–water partition coefficient (Wildman–Crippen LogP) is 2.34. The average Bonchev–Trinajstić information content (AvgIpc) is 2.28. The first-order chi connectivity index (χ1) is 7.58. The highest BCUT2D eigenvalue weighted by Gasteiger charge is 2.07. The Morgan fingerprint density at radius 2 is 2.06 bits per heavy atom. The lowest BCUT2D eigenvalue weighted by Gasteiger charge is -2.06. The van der Waals surface area contributed by atoms with E-state index in [2.05, 4.69) is 0 Å². The Hall–Kier alpha value is -2.04. The summed E-state index contributed by atoms with van der Waals surface area (Å²) in [6, 6.07) is 5.13. The Labute approximate surface area is 93.4 Å². The van der Waals surface area contributed by atoms with Gasteiger partial charge in [0.05, 0.1) is 19.1 Å². The van der Waals surface area contributed by atoms with Gasteiger partial charge in [-0.15, -0.1) is 0 Å². The highest BCUT2D eigenvalue weighted by Crippen LogP contribution is 2.26. The smallest absolute Gasteiger partial charge is 0.243 e. The summed E-state index contributed by atoms with van der Waals surface area (Å²) in [6.45, 7) is 1.43. The van der Waals surface area contributed by atoms with Crippen LogP contribution in [0.1, 0.15) is 12.5 Å². The number of nitro groups is 1. The summed E-state index contributed by atoms with van der Waals surface area (Å²) in [4.78, 5) is 10.1. The summed E-state index contributed by atoms with van der Waals surface area (Å²) in [5.41, 5.74) is 0.669. The number of hydrogen-bond acceptors (Lipinski definition) is 4. The molecule has 16 heavy (non-hydrogen) atoms. The first kappa shape index (κ1) is 12.0. The molecule has 0 fully saturated rings. The van der Waals surface area contributed by atoms with Crippen LogP contribution in [0, 0.1) is 10.1 Å². The Morgan fingerprint density at radius 3 is 2.56 bits per heavy atom. The van der Waals surface area contributed by atoms with Crippen molar-refractivity contribution in [2.24, 2.45) is 0 Å². The summed E-state index contributed by atoms with van der Waals surface area (Å²) in [5.74, 6) is 1.20. The average molecular weight is 223 g/mol. The van der Waals surface area contributed by atoms with E-state index in [4.69, 9.17) is 9.47 Å². The molecule has 86 valence electrons. The maximum Gasteiger partial charge on any atom is 0.243 e. The van der Waals surface area contributed by atoms with E-state index in [9.17, 15) is 10.1 Å². The quantitative estimate of drug-likeness (QED) is 0.580. The Bertz CT molecular complexity index is 426. The fraction of sp³-hybridized carbons (Fsp3) is 0.273. The molecule has 0 aliphatic rings. The highest BCUT2D eigenvalue weighted by molar-refractivity contribution is 5.60. The van der Waals surface area contributed by atoms with Crippen LogP contribution in [0.5, 0.6) is 11.5 Å². The van der Waals surface area contributed by atoms with E-state index in [1.54, 1.807) is 18.2 Å². The molecule has 0 aliphatic carbocycles. The molecule has 0 saturated carbocycles. The number of nitrogens with zero attached hydrogens (tertiary/aromatic N) is 1. The first-order valence-electron chi connectivity index (χ1n) is 4.63. The van der Waals surface area contributed by atoms with Crippen molar-refractivity contribution in [3.8, 4) is 11.5 Å². The zero-order valence-corrected chi connectivity index (χ0v) is 9.39. The lowest BCUT2D eigenvalue weighted by atomic mass is 10.1. The Kier molecular flexibility index (Phi) is 3.88. The summed E-state index contributed by atoms with van der Waals surface area (Å²) in [7, 11) is 3.05. The Balaban J connectivity index is 3.19. The van der Waals surface area contributed by atoms with Crippen molar-refractivity contribution in [2.45, 2.75) is 6.92 Å². The molecule has 1 rings (SSSR count). The van der Waals surface area contributed by atoms with Crippen LogP contribution in [-0.4, -0.2) is 19.1 Å². The normalized spacial score (nSPS) is 11.1. The third-order valence-corrected chi connectivity index (χ3v) is 2.09. The first-order valence-corrected chi connectivity index (χ1v) is 4.63. The van der Waals surface area contributed by atoms with Crippen molar-refractivity contribution in [1.82, 2.24) is 0 Å². The van der Waals surface area contributed by atoms with Crippen LogP contribution in [0.2, 0.25) is 0 Å². The fourth-order valence-corrected chi connectivity index (χ4v) is 1.23. The molecule has 0 radical (unpaired) electrons. The minimum Gasteiger partial charge on any atom is -0.497 e. The highest BCUT2D eigenvalue weighted by atomic mass is 16.6. The molecule has 0 bridgehead atoms. The van der Waals surface area contributed by atoms with E-state index in [0.29, 0.717) is 17.1 Å². The number of benzene rings is 1. The molecule has 0 unspecified atom stereocenters. The van der Waals surface area contributed by atoms with Crippen molar-refractivity contribution in [1.29, 1.82) is 0 Å². The standard InChI is InChI=1S/C11H13NO4/c1-8(12(13)14)6-9-7-10(15-2)4-5-11(9)16-3/h4-7H,1-3H3. The van der Waals surface area contributed by atoms with Gasteiger partial charge >= 0.3 is 0 Å². The topological polar surface area (TPSA) is 61.6 Å². The summed E-state index contributed by atoms with van der Waals surface area (Å²) in [5, 5.41) is 10.5. The van der Waals surface area contributed by atoms with Crippen molar-refractivity contribution in [2.75, 3.05) is 14.2 Å². The van der Waals surface area contributed by atoms with Gasteiger partial charge < -0.3 is 9.47 Å². The molecule has 5 heteroatoms. The predicted molar refractivity (Wildman–Crippen MR) is 60.2 cm³/mol. The lowest BCUT2D eigenvalue weighted by molar-refractivity contribution is -0.422. The SMILES string of the molecule is COc1ccc(OC)c(C=C(C)[N+](=O)[O-])c1.